The lowest BCUT2D eigenvalue weighted by Crippen LogP contribution is -2.38. The van der Waals surface area contributed by atoms with Crippen LogP contribution in [-0.2, 0) is 6.54 Å². The molecule has 1 aliphatic heterocycles. The summed E-state index contributed by atoms with van der Waals surface area (Å²) >= 11 is 1.71. The summed E-state index contributed by atoms with van der Waals surface area (Å²) in [4.78, 5) is 17.0. The van der Waals surface area contributed by atoms with Gasteiger partial charge in [-0.1, -0.05) is 48.5 Å². The van der Waals surface area contributed by atoms with E-state index in [1.807, 2.05) is 71.1 Å². The highest BCUT2D eigenvalue weighted by Gasteiger charge is 2.36. The van der Waals surface area contributed by atoms with E-state index in [4.69, 9.17) is 5.10 Å². The molecule has 0 aliphatic carbocycles. The first-order valence-electron chi connectivity index (χ1n) is 12.2. The third-order valence-corrected chi connectivity index (χ3v) is 7.55. The molecule has 0 fully saturated rings. The zero-order valence-electron chi connectivity index (χ0n) is 20.7. The molecule has 0 saturated heterocycles. The first-order chi connectivity index (χ1) is 18.1. The van der Waals surface area contributed by atoms with Gasteiger partial charge in [-0.3, -0.25) is 0 Å². The average Bonchev–Trinajstić information content (AvgIpc) is 3.50. The van der Waals surface area contributed by atoms with Crippen molar-refractivity contribution in [1.82, 2.24) is 19.2 Å². The fraction of sp³-hybridized carbons (Fsp3) is 0.133. The van der Waals surface area contributed by atoms with Crippen LogP contribution in [0.5, 0.6) is 0 Å². The Morgan fingerprint density at radius 3 is 2.32 bits per heavy atom. The highest BCUT2D eigenvalue weighted by atomic mass is 32.2. The molecule has 1 atom stereocenters. The van der Waals surface area contributed by atoms with Gasteiger partial charge in [0.1, 0.15) is 5.82 Å². The van der Waals surface area contributed by atoms with Crippen LogP contribution < -0.4 is 5.32 Å². The zero-order valence-corrected chi connectivity index (χ0v) is 21.5. The van der Waals surface area contributed by atoms with Gasteiger partial charge in [-0.25, -0.2) is 9.48 Å². The van der Waals surface area contributed by atoms with Crippen molar-refractivity contribution < 1.29 is 4.79 Å². The molecule has 0 unspecified atom stereocenters. The molecule has 0 spiro atoms. The second-order valence-electron chi connectivity index (χ2n) is 9.04. The number of carbonyl (C=O) groups excluding carboxylic acids is 1. The van der Waals surface area contributed by atoms with Gasteiger partial charge in [0.2, 0.25) is 0 Å². The van der Waals surface area contributed by atoms with Crippen LogP contribution in [0.2, 0.25) is 0 Å². The molecule has 1 N–H and O–H groups in total. The summed E-state index contributed by atoms with van der Waals surface area (Å²) in [5.74, 6) is 0.962. The summed E-state index contributed by atoms with van der Waals surface area (Å²) < 4.78 is 4.17. The number of nitrogens with one attached hydrogen (secondary N) is 1. The maximum atomic E-state index is 13.9. The van der Waals surface area contributed by atoms with Gasteiger partial charge in [-0.05, 0) is 67.3 Å². The minimum Gasteiger partial charge on any atom is -0.308 e. The molecule has 0 saturated carbocycles. The normalized spacial score (nSPS) is 14.5. The largest absolute Gasteiger partial charge is 0.322 e. The van der Waals surface area contributed by atoms with Crippen molar-refractivity contribution >= 4 is 23.5 Å². The van der Waals surface area contributed by atoms with Crippen LogP contribution in [0.4, 0.5) is 10.5 Å². The van der Waals surface area contributed by atoms with Gasteiger partial charge in [0, 0.05) is 22.3 Å². The molecule has 3 heterocycles. The Morgan fingerprint density at radius 2 is 1.62 bits per heavy atom. The molecule has 0 radical (unpaired) electrons. The third kappa shape index (κ3) is 4.21. The Bertz CT molecular complexity index is 1540. The number of rotatable bonds is 4. The number of carbonyl (C=O) groups is 1. The van der Waals surface area contributed by atoms with Crippen LogP contribution in [0, 0.1) is 6.92 Å². The maximum absolute atomic E-state index is 13.9. The summed E-state index contributed by atoms with van der Waals surface area (Å²) in [6.45, 7) is 2.44. The van der Waals surface area contributed by atoms with Crippen LogP contribution in [0.1, 0.15) is 28.6 Å². The minimum absolute atomic E-state index is 0.155. The lowest BCUT2D eigenvalue weighted by Gasteiger charge is -2.31. The molecule has 5 aromatic rings. The first-order valence-corrected chi connectivity index (χ1v) is 13.4. The molecule has 6 rings (SSSR count). The fourth-order valence-corrected chi connectivity index (χ4v) is 5.41. The predicted molar refractivity (Wildman–Crippen MR) is 149 cm³/mol. The SMILES string of the molecule is CSc1ccc([C@H]2c3cccn3-c3c(c(C)nn3-c3ccccc3)CN2C(=O)Nc2ccccc2)cc1. The Morgan fingerprint density at radius 1 is 0.919 bits per heavy atom. The molecule has 37 heavy (non-hydrogen) atoms. The zero-order chi connectivity index (χ0) is 25.4. The Hall–Kier alpha value is -4.23. The number of hydrogen-bond donors (Lipinski definition) is 1. The van der Waals surface area contributed by atoms with Crippen LogP contribution >= 0.6 is 11.8 Å². The Balaban J connectivity index is 1.53. The van der Waals surface area contributed by atoms with E-state index in [-0.39, 0.29) is 12.1 Å². The lowest BCUT2D eigenvalue weighted by atomic mass is 10.0. The van der Waals surface area contributed by atoms with Gasteiger partial charge in [0.05, 0.1) is 29.7 Å². The summed E-state index contributed by atoms with van der Waals surface area (Å²) in [5.41, 5.74) is 5.73. The third-order valence-electron chi connectivity index (χ3n) is 6.80. The van der Waals surface area contributed by atoms with Crippen molar-refractivity contribution in [2.45, 2.75) is 24.4 Å². The quantitative estimate of drug-likeness (QED) is 0.272. The molecule has 7 heteroatoms. The molecule has 3 aromatic carbocycles. The molecule has 184 valence electrons. The molecule has 2 aromatic heterocycles. The number of nitrogens with zero attached hydrogens (tertiary/aromatic N) is 4. The summed E-state index contributed by atoms with van der Waals surface area (Å²) in [6, 6.07) is 31.9. The van der Waals surface area contributed by atoms with Crippen molar-refractivity contribution in [3.8, 4) is 11.5 Å². The van der Waals surface area contributed by atoms with Crippen molar-refractivity contribution in [2.24, 2.45) is 0 Å². The number of hydrogen-bond acceptors (Lipinski definition) is 3. The highest BCUT2D eigenvalue weighted by Crippen LogP contribution is 2.39. The van der Waals surface area contributed by atoms with E-state index in [9.17, 15) is 4.79 Å². The number of aryl methyl sites for hydroxylation is 1. The van der Waals surface area contributed by atoms with Gasteiger partial charge in [-0.15, -0.1) is 11.8 Å². The van der Waals surface area contributed by atoms with Gasteiger partial charge < -0.3 is 14.8 Å². The fourth-order valence-electron chi connectivity index (χ4n) is 5.00. The van der Waals surface area contributed by atoms with Crippen LogP contribution in [0.3, 0.4) is 0 Å². The number of aromatic nitrogens is 3. The Kier molecular flexibility index (Phi) is 6.06. The second kappa shape index (κ2) is 9.67. The summed E-state index contributed by atoms with van der Waals surface area (Å²) in [5, 5.41) is 8.04. The van der Waals surface area contributed by atoms with E-state index in [0.717, 1.165) is 39.7 Å². The van der Waals surface area contributed by atoms with Crippen LogP contribution in [0.25, 0.3) is 11.5 Å². The van der Waals surface area contributed by atoms with Crippen LogP contribution in [0.15, 0.2) is 108 Å². The number of urea groups is 1. The van der Waals surface area contributed by atoms with Gasteiger partial charge in [0.15, 0.2) is 0 Å². The van der Waals surface area contributed by atoms with Gasteiger partial charge >= 0.3 is 6.03 Å². The molecule has 0 bridgehead atoms. The number of thioether (sulfide) groups is 1. The summed E-state index contributed by atoms with van der Waals surface area (Å²) in [6.07, 6.45) is 4.14. The van der Waals surface area contributed by atoms with E-state index in [1.54, 1.807) is 11.8 Å². The van der Waals surface area contributed by atoms with Crippen molar-refractivity contribution in [3.05, 3.63) is 126 Å². The number of amides is 2. The molecular weight excluding hydrogens is 478 g/mol. The number of anilines is 1. The maximum Gasteiger partial charge on any atom is 0.322 e. The first kappa shape index (κ1) is 23.2. The Labute approximate surface area is 220 Å². The standard InChI is InChI=1S/C30H27N5OS/c1-21-26-20-34(30(36)31-23-10-5-3-6-11-23)28(22-15-17-25(37-2)18-16-22)27-14-9-19-33(27)29(26)35(32-21)24-12-7-4-8-13-24/h3-19,28H,20H2,1-2H3,(H,31,36)/t28-/m0/s1. The highest BCUT2D eigenvalue weighted by molar-refractivity contribution is 7.98. The number of para-hydroxylation sites is 2. The van der Waals surface area contributed by atoms with Gasteiger partial charge in [0.25, 0.3) is 0 Å². The van der Waals surface area contributed by atoms with Crippen molar-refractivity contribution in [2.75, 3.05) is 11.6 Å². The molecule has 1 aliphatic rings. The lowest BCUT2D eigenvalue weighted by molar-refractivity contribution is 0.194. The van der Waals surface area contributed by atoms with E-state index in [2.05, 4.69) is 64.8 Å². The average molecular weight is 506 g/mol. The van der Waals surface area contributed by atoms with Crippen LogP contribution in [-0.4, -0.2) is 31.5 Å². The van der Waals surface area contributed by atoms with Gasteiger partial charge in [-0.2, -0.15) is 5.10 Å². The van der Waals surface area contributed by atoms with E-state index >= 15 is 0 Å². The molecule has 2 amide bonds. The van der Waals surface area contributed by atoms with E-state index in [1.165, 1.54) is 4.90 Å². The topological polar surface area (TPSA) is 55.1 Å². The van der Waals surface area contributed by atoms with Crippen molar-refractivity contribution in [1.29, 1.82) is 0 Å². The monoisotopic (exact) mass is 505 g/mol. The minimum atomic E-state index is -0.286. The van der Waals surface area contributed by atoms with Crippen molar-refractivity contribution in [3.63, 3.8) is 0 Å². The second-order valence-corrected chi connectivity index (χ2v) is 9.92. The number of benzene rings is 3. The number of fused-ring (bicyclic) bond motifs is 3. The summed E-state index contributed by atoms with van der Waals surface area (Å²) in [7, 11) is 0. The van der Waals surface area contributed by atoms with E-state index < -0.39 is 0 Å². The molecule has 6 nitrogen and oxygen atoms in total. The van der Waals surface area contributed by atoms with E-state index in [0.29, 0.717) is 6.54 Å². The predicted octanol–water partition coefficient (Wildman–Crippen LogP) is 6.83. The molecular formula is C30H27N5OS. The smallest absolute Gasteiger partial charge is 0.308 e.